The van der Waals surface area contributed by atoms with Crippen LogP contribution in [0.2, 0.25) is 0 Å². The second kappa shape index (κ2) is 7.88. The van der Waals surface area contributed by atoms with Gasteiger partial charge in [0.15, 0.2) is 11.5 Å². The number of rotatable bonds is 5. The van der Waals surface area contributed by atoms with E-state index < -0.39 is 0 Å². The summed E-state index contributed by atoms with van der Waals surface area (Å²) in [5.41, 5.74) is 3.12. The van der Waals surface area contributed by atoms with E-state index in [2.05, 4.69) is 31.9 Å². The number of fused-ring (bicyclic) bond motifs is 1. The molecule has 0 radical (unpaired) electrons. The molecule has 0 aliphatic carbocycles. The fraction of sp³-hybridized carbons (Fsp3) is 0.316. The molecule has 1 unspecified atom stereocenters. The first-order valence-corrected chi connectivity index (χ1v) is 9.58. The molecule has 0 bridgehead atoms. The van der Waals surface area contributed by atoms with E-state index in [1.807, 2.05) is 24.3 Å². The van der Waals surface area contributed by atoms with E-state index in [9.17, 15) is 4.79 Å². The highest BCUT2D eigenvalue weighted by molar-refractivity contribution is 9.10. The van der Waals surface area contributed by atoms with Crippen LogP contribution in [0.1, 0.15) is 22.6 Å². The maximum Gasteiger partial charge on any atom is 0.210 e. The summed E-state index contributed by atoms with van der Waals surface area (Å²) in [6.07, 6.45) is 0.887. The lowest BCUT2D eigenvalue weighted by atomic mass is 9.83. The fourth-order valence-corrected chi connectivity index (χ4v) is 4.51. The van der Waals surface area contributed by atoms with E-state index in [4.69, 9.17) is 14.2 Å². The van der Waals surface area contributed by atoms with Crippen molar-refractivity contribution in [1.29, 1.82) is 0 Å². The van der Waals surface area contributed by atoms with Gasteiger partial charge in [0, 0.05) is 29.0 Å². The SMILES string of the molecule is COc1ccc(C2CN(C=O)Cc3c(Br)cc(OC)c(OC)c32)cc1Br. The summed E-state index contributed by atoms with van der Waals surface area (Å²) in [6.45, 7) is 1.08. The van der Waals surface area contributed by atoms with Gasteiger partial charge in [-0.3, -0.25) is 4.79 Å². The largest absolute Gasteiger partial charge is 0.496 e. The lowest BCUT2D eigenvalue weighted by Gasteiger charge is -2.35. The minimum atomic E-state index is -0.0486. The molecule has 3 rings (SSSR count). The summed E-state index contributed by atoms with van der Waals surface area (Å²) >= 11 is 7.17. The maximum atomic E-state index is 11.5. The Kier molecular flexibility index (Phi) is 5.77. The molecular formula is C19H19Br2NO4. The van der Waals surface area contributed by atoms with Gasteiger partial charge in [-0.2, -0.15) is 0 Å². The van der Waals surface area contributed by atoms with E-state index in [0.717, 1.165) is 37.8 Å². The van der Waals surface area contributed by atoms with Crippen molar-refractivity contribution < 1.29 is 19.0 Å². The van der Waals surface area contributed by atoms with Crippen LogP contribution >= 0.6 is 31.9 Å². The van der Waals surface area contributed by atoms with Crippen LogP contribution in [0.15, 0.2) is 33.2 Å². The Morgan fingerprint density at radius 1 is 1.04 bits per heavy atom. The van der Waals surface area contributed by atoms with Gasteiger partial charge >= 0.3 is 0 Å². The standard InChI is InChI=1S/C19H19Br2NO4/c1-24-16-5-4-11(6-15(16)21)12-8-22(10-23)9-13-14(20)7-17(25-2)19(26-3)18(12)13/h4-7,10,12H,8-9H2,1-3H3. The summed E-state index contributed by atoms with van der Waals surface area (Å²) in [7, 11) is 4.89. The quantitative estimate of drug-likeness (QED) is 0.592. The summed E-state index contributed by atoms with van der Waals surface area (Å²) in [4.78, 5) is 13.3. The molecular weight excluding hydrogens is 466 g/mol. The molecule has 7 heteroatoms. The number of hydrogen-bond donors (Lipinski definition) is 0. The first kappa shape index (κ1) is 19.0. The predicted molar refractivity (Wildman–Crippen MR) is 106 cm³/mol. The van der Waals surface area contributed by atoms with E-state index >= 15 is 0 Å². The molecule has 26 heavy (non-hydrogen) atoms. The van der Waals surface area contributed by atoms with Crippen LogP contribution < -0.4 is 14.2 Å². The molecule has 1 aliphatic heterocycles. The second-order valence-corrected chi connectivity index (χ2v) is 7.68. The highest BCUT2D eigenvalue weighted by Gasteiger charge is 2.33. The zero-order valence-corrected chi connectivity index (χ0v) is 17.9. The van der Waals surface area contributed by atoms with Gasteiger partial charge in [-0.1, -0.05) is 22.0 Å². The number of halogens is 2. The van der Waals surface area contributed by atoms with Crippen molar-refractivity contribution in [3.05, 3.63) is 49.9 Å². The van der Waals surface area contributed by atoms with Crippen molar-refractivity contribution in [3.8, 4) is 17.2 Å². The van der Waals surface area contributed by atoms with Gasteiger partial charge in [-0.05, 0) is 45.3 Å². The lowest BCUT2D eigenvalue weighted by Crippen LogP contribution is -2.33. The van der Waals surface area contributed by atoms with E-state index in [1.54, 1.807) is 26.2 Å². The minimum absolute atomic E-state index is 0.0486. The zero-order chi connectivity index (χ0) is 18.8. The van der Waals surface area contributed by atoms with Gasteiger partial charge in [0.05, 0.1) is 25.8 Å². The Balaban J connectivity index is 2.23. The molecule has 1 atom stereocenters. The average molecular weight is 485 g/mol. The molecule has 1 heterocycles. The molecule has 2 aromatic carbocycles. The highest BCUT2D eigenvalue weighted by atomic mass is 79.9. The van der Waals surface area contributed by atoms with Crippen LogP contribution in [-0.2, 0) is 11.3 Å². The Morgan fingerprint density at radius 2 is 1.77 bits per heavy atom. The number of methoxy groups -OCH3 is 3. The molecule has 0 saturated carbocycles. The van der Waals surface area contributed by atoms with E-state index in [0.29, 0.717) is 24.6 Å². The van der Waals surface area contributed by atoms with Crippen molar-refractivity contribution in [2.24, 2.45) is 0 Å². The predicted octanol–water partition coefficient (Wildman–Crippen LogP) is 4.34. The number of nitrogens with zero attached hydrogens (tertiary/aromatic N) is 1. The molecule has 1 amide bonds. The Morgan fingerprint density at radius 3 is 2.35 bits per heavy atom. The molecule has 2 aromatic rings. The second-order valence-electron chi connectivity index (χ2n) is 5.97. The van der Waals surface area contributed by atoms with Crippen molar-refractivity contribution >= 4 is 38.3 Å². The Hall–Kier alpha value is -1.73. The molecule has 138 valence electrons. The lowest BCUT2D eigenvalue weighted by molar-refractivity contribution is -0.119. The zero-order valence-electron chi connectivity index (χ0n) is 14.7. The maximum absolute atomic E-state index is 11.5. The van der Waals surface area contributed by atoms with E-state index in [1.165, 1.54) is 0 Å². The summed E-state index contributed by atoms with van der Waals surface area (Å²) < 4.78 is 18.3. The molecule has 5 nitrogen and oxygen atoms in total. The third kappa shape index (κ3) is 3.30. The molecule has 0 saturated heterocycles. The average Bonchev–Trinajstić information content (AvgIpc) is 2.67. The van der Waals surface area contributed by atoms with Crippen molar-refractivity contribution in [2.45, 2.75) is 12.5 Å². The van der Waals surface area contributed by atoms with Gasteiger partial charge in [-0.25, -0.2) is 0 Å². The summed E-state index contributed by atoms with van der Waals surface area (Å²) in [5, 5.41) is 0. The molecule has 0 spiro atoms. The van der Waals surface area contributed by atoms with Crippen LogP contribution in [0, 0.1) is 0 Å². The Bertz CT molecular complexity index is 841. The van der Waals surface area contributed by atoms with Crippen molar-refractivity contribution in [2.75, 3.05) is 27.9 Å². The van der Waals surface area contributed by atoms with Crippen molar-refractivity contribution in [1.82, 2.24) is 4.90 Å². The van der Waals surface area contributed by atoms with Gasteiger partial charge in [0.2, 0.25) is 6.41 Å². The van der Waals surface area contributed by atoms with Crippen LogP contribution in [0.5, 0.6) is 17.2 Å². The number of carbonyl (C=O) groups excluding carboxylic acids is 1. The third-order valence-electron chi connectivity index (χ3n) is 4.62. The Labute approximate surface area is 169 Å². The van der Waals surface area contributed by atoms with Crippen LogP contribution in [0.4, 0.5) is 0 Å². The number of hydrogen-bond acceptors (Lipinski definition) is 4. The summed E-state index contributed by atoms with van der Waals surface area (Å²) in [5.74, 6) is 2.08. The van der Waals surface area contributed by atoms with Crippen LogP contribution in [0.3, 0.4) is 0 Å². The fourth-order valence-electron chi connectivity index (χ4n) is 3.40. The normalized spacial score (nSPS) is 16.0. The van der Waals surface area contributed by atoms with Crippen LogP contribution in [0.25, 0.3) is 0 Å². The topological polar surface area (TPSA) is 48.0 Å². The van der Waals surface area contributed by atoms with Gasteiger partial charge < -0.3 is 19.1 Å². The third-order valence-corrected chi connectivity index (χ3v) is 5.94. The number of amides is 1. The van der Waals surface area contributed by atoms with E-state index in [-0.39, 0.29) is 5.92 Å². The monoisotopic (exact) mass is 483 g/mol. The number of carbonyl (C=O) groups is 1. The molecule has 0 fully saturated rings. The molecule has 1 aliphatic rings. The first-order valence-electron chi connectivity index (χ1n) is 8.00. The smallest absolute Gasteiger partial charge is 0.210 e. The summed E-state index contributed by atoms with van der Waals surface area (Å²) in [6, 6.07) is 7.83. The van der Waals surface area contributed by atoms with Crippen molar-refractivity contribution in [3.63, 3.8) is 0 Å². The van der Waals surface area contributed by atoms with Gasteiger partial charge in [0.1, 0.15) is 5.75 Å². The van der Waals surface area contributed by atoms with Gasteiger partial charge in [-0.15, -0.1) is 0 Å². The van der Waals surface area contributed by atoms with Gasteiger partial charge in [0.25, 0.3) is 0 Å². The molecule has 0 aromatic heterocycles. The van der Waals surface area contributed by atoms with Crippen LogP contribution in [-0.4, -0.2) is 39.2 Å². The number of benzene rings is 2. The minimum Gasteiger partial charge on any atom is -0.496 e. The highest BCUT2D eigenvalue weighted by Crippen LogP contribution is 2.47. The number of ether oxygens (including phenoxy) is 3. The first-order chi connectivity index (χ1) is 12.5. The molecule has 0 N–H and O–H groups in total.